The number of pyridine rings is 1. The average molecular weight is 481 g/mol. The Balaban J connectivity index is 1.91. The van der Waals surface area contributed by atoms with Crippen molar-refractivity contribution in [3.05, 3.63) is 75.6 Å². The van der Waals surface area contributed by atoms with Gasteiger partial charge in [0.1, 0.15) is 16.9 Å². The van der Waals surface area contributed by atoms with Gasteiger partial charge in [-0.2, -0.15) is 0 Å². The number of carboxylic acids is 2. The predicted molar refractivity (Wildman–Crippen MR) is 126 cm³/mol. The minimum absolute atomic E-state index is 0.0573. The number of nitrogen functional groups attached to an aromatic ring is 1. The summed E-state index contributed by atoms with van der Waals surface area (Å²) in [5.41, 5.74) is 3.87. The summed E-state index contributed by atoms with van der Waals surface area (Å²) in [7, 11) is 0. The number of hydrogen-bond acceptors (Lipinski definition) is 7. The number of nitrogens with two attached hydrogens (primary N) is 1. The van der Waals surface area contributed by atoms with Crippen LogP contribution in [0.15, 0.2) is 53.3 Å². The molecule has 0 spiro atoms. The maximum atomic E-state index is 12.3. The van der Waals surface area contributed by atoms with Crippen LogP contribution in [-0.4, -0.2) is 46.3 Å². The number of carbonyl (C=O) groups excluding carboxylic acids is 1. The van der Waals surface area contributed by atoms with Gasteiger partial charge in [0.2, 0.25) is 0 Å². The number of anilines is 1. The molecule has 0 radical (unpaired) electrons. The highest BCUT2D eigenvalue weighted by atomic mass is 16.5. The number of carboxylic acid groups (broad SMARTS) is 2. The zero-order valence-electron chi connectivity index (χ0n) is 18.7. The SMILES string of the molecule is CCOc1cc(-c2c(C(=O)O)c(N)[nH]c(=O)c2C(=O)O)ccc1OCC(=O)NCc1ccccc1. The van der Waals surface area contributed by atoms with E-state index >= 15 is 0 Å². The second kappa shape index (κ2) is 10.9. The number of benzene rings is 2. The minimum atomic E-state index is -1.63. The fourth-order valence-electron chi connectivity index (χ4n) is 3.38. The zero-order valence-corrected chi connectivity index (χ0v) is 18.7. The lowest BCUT2D eigenvalue weighted by molar-refractivity contribution is -0.123. The number of nitrogens with one attached hydrogen (secondary N) is 2. The number of aromatic nitrogens is 1. The average Bonchev–Trinajstić information content (AvgIpc) is 2.81. The topological polar surface area (TPSA) is 181 Å². The Bertz CT molecular complexity index is 1320. The van der Waals surface area contributed by atoms with Crippen molar-refractivity contribution in [1.29, 1.82) is 0 Å². The Morgan fingerprint density at radius 2 is 1.66 bits per heavy atom. The number of aromatic carboxylic acids is 2. The van der Waals surface area contributed by atoms with Crippen molar-refractivity contribution in [1.82, 2.24) is 10.3 Å². The molecule has 0 atom stereocenters. The monoisotopic (exact) mass is 481 g/mol. The first kappa shape index (κ1) is 24.8. The lowest BCUT2D eigenvalue weighted by atomic mass is 9.95. The van der Waals surface area contributed by atoms with Gasteiger partial charge in [-0.05, 0) is 30.2 Å². The molecule has 0 saturated heterocycles. The molecule has 1 aromatic heterocycles. The highest BCUT2D eigenvalue weighted by molar-refractivity contribution is 6.07. The van der Waals surface area contributed by atoms with Crippen LogP contribution in [0.25, 0.3) is 11.1 Å². The van der Waals surface area contributed by atoms with Gasteiger partial charge in [-0.15, -0.1) is 0 Å². The van der Waals surface area contributed by atoms with Crippen LogP contribution in [0, 0.1) is 0 Å². The van der Waals surface area contributed by atoms with E-state index in [9.17, 15) is 29.4 Å². The summed E-state index contributed by atoms with van der Waals surface area (Å²) in [5, 5.41) is 21.9. The normalized spacial score (nSPS) is 10.4. The molecule has 0 saturated carbocycles. The van der Waals surface area contributed by atoms with Gasteiger partial charge in [0, 0.05) is 12.1 Å². The first-order valence-corrected chi connectivity index (χ1v) is 10.5. The highest BCUT2D eigenvalue weighted by Gasteiger charge is 2.27. The van der Waals surface area contributed by atoms with Crippen molar-refractivity contribution in [2.24, 2.45) is 0 Å². The van der Waals surface area contributed by atoms with Crippen LogP contribution in [0.3, 0.4) is 0 Å². The molecule has 0 bridgehead atoms. The Kier molecular flexibility index (Phi) is 7.72. The molecule has 2 aromatic carbocycles. The van der Waals surface area contributed by atoms with Gasteiger partial charge in [-0.25, -0.2) is 9.59 Å². The molecule has 1 heterocycles. The standard InChI is InChI=1S/C24H23N3O8/c1-2-34-16-10-14(18-19(23(30)31)21(25)27-22(29)20(18)24(32)33)8-9-15(16)35-12-17(28)26-11-13-6-4-3-5-7-13/h3-10H,2,11-12H2,1H3,(H,26,28)(H,30,31)(H,32,33)(H3,25,27,29). The van der Waals surface area contributed by atoms with Gasteiger partial charge >= 0.3 is 11.9 Å². The molecule has 6 N–H and O–H groups in total. The van der Waals surface area contributed by atoms with E-state index in [1.165, 1.54) is 18.2 Å². The third kappa shape index (κ3) is 5.77. The molecule has 0 aliphatic carbocycles. The first-order valence-electron chi connectivity index (χ1n) is 10.5. The highest BCUT2D eigenvalue weighted by Crippen LogP contribution is 2.36. The van der Waals surface area contributed by atoms with Crippen molar-refractivity contribution in [3.63, 3.8) is 0 Å². The number of H-pyrrole nitrogens is 1. The Morgan fingerprint density at radius 1 is 0.971 bits per heavy atom. The van der Waals surface area contributed by atoms with E-state index in [1.54, 1.807) is 6.92 Å². The quantitative estimate of drug-likeness (QED) is 0.290. The van der Waals surface area contributed by atoms with E-state index in [2.05, 4.69) is 5.32 Å². The lowest BCUT2D eigenvalue weighted by Crippen LogP contribution is -2.28. The third-order valence-electron chi connectivity index (χ3n) is 4.90. The molecule has 3 aromatic rings. The molecule has 3 rings (SSSR count). The maximum absolute atomic E-state index is 12.3. The van der Waals surface area contributed by atoms with Gasteiger partial charge < -0.3 is 35.7 Å². The third-order valence-corrected chi connectivity index (χ3v) is 4.90. The van der Waals surface area contributed by atoms with Gasteiger partial charge in [0.25, 0.3) is 11.5 Å². The molecular formula is C24H23N3O8. The van der Waals surface area contributed by atoms with Gasteiger partial charge in [-0.1, -0.05) is 36.4 Å². The number of aromatic amines is 1. The summed E-state index contributed by atoms with van der Waals surface area (Å²) < 4.78 is 11.1. The van der Waals surface area contributed by atoms with Gasteiger partial charge in [-0.3, -0.25) is 9.59 Å². The fourth-order valence-corrected chi connectivity index (χ4v) is 3.38. The van der Waals surface area contributed by atoms with Crippen LogP contribution in [-0.2, 0) is 11.3 Å². The maximum Gasteiger partial charge on any atom is 0.342 e. The van der Waals surface area contributed by atoms with Crippen LogP contribution >= 0.6 is 0 Å². The lowest BCUT2D eigenvalue weighted by Gasteiger charge is -2.16. The Labute approximate surface area is 199 Å². The molecule has 11 heteroatoms. The van der Waals surface area contributed by atoms with Crippen molar-refractivity contribution >= 4 is 23.7 Å². The summed E-state index contributed by atoms with van der Waals surface area (Å²) in [6, 6.07) is 13.4. The number of carbonyl (C=O) groups is 3. The van der Waals surface area contributed by atoms with Crippen molar-refractivity contribution in [2.45, 2.75) is 13.5 Å². The summed E-state index contributed by atoms with van der Waals surface area (Å²) >= 11 is 0. The second-order valence-corrected chi connectivity index (χ2v) is 7.25. The molecule has 0 aliphatic rings. The summed E-state index contributed by atoms with van der Waals surface area (Å²) in [4.78, 5) is 50.1. The smallest absolute Gasteiger partial charge is 0.342 e. The van der Waals surface area contributed by atoms with E-state index in [0.29, 0.717) is 6.54 Å². The minimum Gasteiger partial charge on any atom is -0.490 e. The number of amides is 1. The second-order valence-electron chi connectivity index (χ2n) is 7.25. The molecular weight excluding hydrogens is 458 g/mol. The number of hydrogen-bond donors (Lipinski definition) is 5. The molecule has 0 aliphatic heterocycles. The van der Waals surface area contributed by atoms with E-state index in [-0.39, 0.29) is 41.7 Å². The largest absolute Gasteiger partial charge is 0.490 e. The summed E-state index contributed by atoms with van der Waals surface area (Å²) in [6.07, 6.45) is 0. The molecule has 0 unspecified atom stereocenters. The van der Waals surface area contributed by atoms with Gasteiger partial charge in [0.15, 0.2) is 18.1 Å². The van der Waals surface area contributed by atoms with E-state index in [0.717, 1.165) is 5.56 Å². The van der Waals surface area contributed by atoms with Crippen LogP contribution in [0.4, 0.5) is 5.82 Å². The fraction of sp³-hybridized carbons (Fsp3) is 0.167. The van der Waals surface area contributed by atoms with Crippen LogP contribution in [0.2, 0.25) is 0 Å². The van der Waals surface area contributed by atoms with Crippen molar-refractivity contribution < 1.29 is 34.1 Å². The molecule has 0 fully saturated rings. The van der Waals surface area contributed by atoms with Crippen LogP contribution < -0.4 is 26.1 Å². The van der Waals surface area contributed by atoms with E-state index in [1.807, 2.05) is 35.3 Å². The van der Waals surface area contributed by atoms with Crippen molar-refractivity contribution in [2.75, 3.05) is 18.9 Å². The molecule has 35 heavy (non-hydrogen) atoms. The predicted octanol–water partition coefficient (Wildman–Crippen LogP) is 2.11. The zero-order chi connectivity index (χ0) is 25.5. The number of ether oxygens (including phenoxy) is 2. The van der Waals surface area contributed by atoms with E-state index < -0.39 is 34.4 Å². The molecule has 11 nitrogen and oxygen atoms in total. The van der Waals surface area contributed by atoms with Crippen molar-refractivity contribution in [3.8, 4) is 22.6 Å². The first-order chi connectivity index (χ1) is 16.7. The van der Waals surface area contributed by atoms with Crippen LogP contribution in [0.5, 0.6) is 11.5 Å². The van der Waals surface area contributed by atoms with Crippen LogP contribution in [0.1, 0.15) is 33.2 Å². The molecule has 1 amide bonds. The Morgan fingerprint density at radius 3 is 2.29 bits per heavy atom. The Hall–Kier alpha value is -4.80. The van der Waals surface area contributed by atoms with E-state index in [4.69, 9.17) is 15.2 Å². The number of rotatable bonds is 10. The summed E-state index contributed by atoms with van der Waals surface area (Å²) in [5.74, 6) is -3.74. The summed E-state index contributed by atoms with van der Waals surface area (Å²) in [6.45, 7) is 1.87. The van der Waals surface area contributed by atoms with Gasteiger partial charge in [0.05, 0.1) is 6.61 Å². The molecule has 182 valence electrons.